The predicted octanol–water partition coefficient (Wildman–Crippen LogP) is 4.40. The van der Waals surface area contributed by atoms with E-state index in [1.165, 1.54) is 50.8 Å². The van der Waals surface area contributed by atoms with Crippen LogP contribution in [-0.2, 0) is 11.8 Å². The second-order valence-electron chi connectivity index (χ2n) is 8.99. The molecule has 1 saturated carbocycles. The van der Waals surface area contributed by atoms with E-state index in [2.05, 4.69) is 58.1 Å². The number of hydrogen-bond acceptors (Lipinski definition) is 0. The van der Waals surface area contributed by atoms with Gasteiger partial charge in [-0.15, -0.1) is 0 Å². The third-order valence-electron chi connectivity index (χ3n) is 7.07. The van der Waals surface area contributed by atoms with Gasteiger partial charge in [0.05, 0.1) is 13.1 Å². The van der Waals surface area contributed by atoms with Crippen molar-refractivity contribution < 1.29 is 5.32 Å². The van der Waals surface area contributed by atoms with Crippen molar-refractivity contribution >= 4 is 0 Å². The van der Waals surface area contributed by atoms with Crippen LogP contribution in [0.15, 0.2) is 18.2 Å². The van der Waals surface area contributed by atoms with Gasteiger partial charge in [-0.05, 0) is 66.5 Å². The molecule has 0 unspecified atom stereocenters. The lowest BCUT2D eigenvalue weighted by molar-refractivity contribution is -0.665. The zero-order valence-corrected chi connectivity index (χ0v) is 15.9. The Labute approximate surface area is 143 Å². The molecule has 0 amide bonds. The highest BCUT2D eigenvalue weighted by molar-refractivity contribution is 5.42. The van der Waals surface area contributed by atoms with Crippen LogP contribution in [0.3, 0.4) is 0 Å². The Bertz CT molecular complexity index is 561. The summed E-state index contributed by atoms with van der Waals surface area (Å²) < 4.78 is 0. The summed E-state index contributed by atoms with van der Waals surface area (Å²) >= 11 is 0. The summed E-state index contributed by atoms with van der Waals surface area (Å²) in [6.07, 6.45) is 6.87. The molecule has 1 heteroatoms. The minimum atomic E-state index is 0.400. The number of hydrogen-bond donors (Lipinski definition) is 1. The average Bonchev–Trinajstić information content (AvgIpc) is 2.52. The summed E-state index contributed by atoms with van der Waals surface area (Å²) in [5.41, 5.74) is 5.76. The molecular weight excluding hydrogens is 278 g/mol. The molecule has 2 aliphatic carbocycles. The highest BCUT2D eigenvalue weighted by Crippen LogP contribution is 2.56. The minimum Gasteiger partial charge on any atom is -0.346 e. The van der Waals surface area contributed by atoms with Gasteiger partial charge in [-0.1, -0.05) is 52.3 Å². The van der Waals surface area contributed by atoms with Crippen LogP contribution in [0.2, 0.25) is 0 Å². The Balaban J connectivity index is 1.97. The Morgan fingerprint density at radius 2 is 2.00 bits per heavy atom. The zero-order chi connectivity index (χ0) is 16.7. The van der Waals surface area contributed by atoms with Crippen LogP contribution < -0.4 is 5.32 Å². The molecule has 0 spiro atoms. The minimum absolute atomic E-state index is 0.400. The second-order valence-corrected chi connectivity index (χ2v) is 8.99. The summed E-state index contributed by atoms with van der Waals surface area (Å²) in [4.78, 5) is 0. The van der Waals surface area contributed by atoms with Gasteiger partial charge in [0.25, 0.3) is 0 Å². The molecule has 0 aliphatic heterocycles. The van der Waals surface area contributed by atoms with Crippen molar-refractivity contribution in [2.45, 2.75) is 78.1 Å². The maximum Gasteiger partial charge on any atom is 0.0812 e. The first kappa shape index (κ1) is 17.0. The molecule has 1 aromatic rings. The van der Waals surface area contributed by atoms with Gasteiger partial charge in [0, 0.05) is 5.41 Å². The number of quaternary nitrogens is 1. The standard InChI is InChI=1S/C22H35N/c1-6-23-15-21(4)12-7-13-22(5)19-10-8-17(16(2)3)14-18(19)9-11-20(21)22/h8,10,14,16,20,23H,6-7,9,11-13,15H2,1-5H3/p+1/t20-,21-,22+/m0/s1. The molecule has 0 saturated heterocycles. The normalized spacial score (nSPS) is 33.4. The molecular formula is C22H36N+. The number of nitrogens with two attached hydrogens (primary N) is 1. The molecule has 1 aromatic carbocycles. The van der Waals surface area contributed by atoms with Crippen molar-refractivity contribution in [2.75, 3.05) is 13.1 Å². The van der Waals surface area contributed by atoms with E-state index in [1.807, 2.05) is 0 Å². The summed E-state index contributed by atoms with van der Waals surface area (Å²) in [6.45, 7) is 14.6. The van der Waals surface area contributed by atoms with E-state index >= 15 is 0 Å². The van der Waals surface area contributed by atoms with Crippen LogP contribution in [0, 0.1) is 11.3 Å². The molecule has 0 aromatic heterocycles. The molecule has 23 heavy (non-hydrogen) atoms. The lowest BCUT2D eigenvalue weighted by atomic mass is 9.49. The van der Waals surface area contributed by atoms with Gasteiger partial charge in [0.2, 0.25) is 0 Å². The molecule has 0 radical (unpaired) electrons. The Hall–Kier alpha value is -0.820. The van der Waals surface area contributed by atoms with E-state index < -0.39 is 0 Å². The summed E-state index contributed by atoms with van der Waals surface area (Å²) in [6, 6.07) is 7.42. The third-order valence-corrected chi connectivity index (χ3v) is 7.07. The van der Waals surface area contributed by atoms with E-state index in [4.69, 9.17) is 0 Å². The molecule has 2 N–H and O–H groups in total. The van der Waals surface area contributed by atoms with Gasteiger partial charge in [0.1, 0.15) is 0 Å². The molecule has 0 bridgehead atoms. The molecule has 1 nitrogen and oxygen atoms in total. The Morgan fingerprint density at radius 1 is 1.22 bits per heavy atom. The molecule has 3 rings (SSSR count). The summed E-state index contributed by atoms with van der Waals surface area (Å²) in [5, 5.41) is 2.53. The summed E-state index contributed by atoms with van der Waals surface area (Å²) in [5.74, 6) is 1.49. The topological polar surface area (TPSA) is 16.6 Å². The van der Waals surface area contributed by atoms with Gasteiger partial charge in [-0.2, -0.15) is 0 Å². The first-order valence-corrected chi connectivity index (χ1v) is 9.85. The van der Waals surface area contributed by atoms with E-state index in [0.717, 1.165) is 5.92 Å². The van der Waals surface area contributed by atoms with Crippen molar-refractivity contribution in [1.29, 1.82) is 0 Å². The SMILES string of the molecule is CC[NH2+]C[C@]1(C)CCC[C@]2(C)c3ccc(C(C)C)cc3CC[C@@H]12. The molecule has 1 fully saturated rings. The second kappa shape index (κ2) is 6.24. The largest absolute Gasteiger partial charge is 0.346 e. The number of fused-ring (bicyclic) bond motifs is 3. The number of rotatable bonds is 4. The third kappa shape index (κ3) is 2.86. The van der Waals surface area contributed by atoms with E-state index in [9.17, 15) is 0 Å². The van der Waals surface area contributed by atoms with Gasteiger partial charge in [-0.25, -0.2) is 0 Å². The van der Waals surface area contributed by atoms with Crippen molar-refractivity contribution in [3.8, 4) is 0 Å². The molecule has 2 aliphatic rings. The highest BCUT2D eigenvalue weighted by atomic mass is 14.9. The number of aryl methyl sites for hydroxylation is 1. The van der Waals surface area contributed by atoms with Crippen LogP contribution in [0.4, 0.5) is 0 Å². The lowest BCUT2D eigenvalue weighted by Crippen LogP contribution is -2.87. The van der Waals surface area contributed by atoms with Crippen LogP contribution in [0.25, 0.3) is 0 Å². The predicted molar refractivity (Wildman–Crippen MR) is 99.0 cm³/mol. The van der Waals surface area contributed by atoms with Gasteiger partial charge in [0.15, 0.2) is 0 Å². The van der Waals surface area contributed by atoms with Crippen molar-refractivity contribution in [3.63, 3.8) is 0 Å². The van der Waals surface area contributed by atoms with Crippen molar-refractivity contribution in [2.24, 2.45) is 11.3 Å². The maximum absolute atomic E-state index is 2.58. The van der Waals surface area contributed by atoms with E-state index in [1.54, 1.807) is 11.1 Å². The van der Waals surface area contributed by atoms with Gasteiger partial charge in [-0.3, -0.25) is 0 Å². The van der Waals surface area contributed by atoms with Gasteiger partial charge >= 0.3 is 0 Å². The quantitative estimate of drug-likeness (QED) is 0.848. The van der Waals surface area contributed by atoms with Crippen LogP contribution in [-0.4, -0.2) is 13.1 Å². The lowest BCUT2D eigenvalue weighted by Gasteiger charge is -2.54. The fourth-order valence-corrected chi connectivity index (χ4v) is 5.72. The smallest absolute Gasteiger partial charge is 0.0812 e. The molecule has 0 heterocycles. The monoisotopic (exact) mass is 314 g/mol. The van der Waals surface area contributed by atoms with Crippen LogP contribution in [0.1, 0.15) is 82.9 Å². The maximum atomic E-state index is 2.58. The van der Waals surface area contributed by atoms with Crippen LogP contribution in [0.5, 0.6) is 0 Å². The molecule has 128 valence electrons. The highest BCUT2D eigenvalue weighted by Gasteiger charge is 2.52. The average molecular weight is 315 g/mol. The Kier molecular flexibility index (Phi) is 4.62. The fraction of sp³-hybridized carbons (Fsp3) is 0.727. The van der Waals surface area contributed by atoms with Crippen molar-refractivity contribution in [3.05, 3.63) is 34.9 Å². The number of benzene rings is 1. The first-order chi connectivity index (χ1) is 10.9. The Morgan fingerprint density at radius 3 is 2.70 bits per heavy atom. The zero-order valence-electron chi connectivity index (χ0n) is 15.9. The van der Waals surface area contributed by atoms with Crippen molar-refractivity contribution in [1.82, 2.24) is 0 Å². The van der Waals surface area contributed by atoms with E-state index in [0.29, 0.717) is 16.7 Å². The van der Waals surface area contributed by atoms with Gasteiger partial charge < -0.3 is 5.32 Å². The fourth-order valence-electron chi connectivity index (χ4n) is 5.72. The first-order valence-electron chi connectivity index (χ1n) is 9.85. The summed E-state index contributed by atoms with van der Waals surface area (Å²) in [7, 11) is 0. The van der Waals surface area contributed by atoms with Crippen LogP contribution >= 0.6 is 0 Å². The molecule has 3 atom stereocenters. The van der Waals surface area contributed by atoms with E-state index in [-0.39, 0.29) is 0 Å².